The van der Waals surface area contributed by atoms with Crippen LogP contribution in [0.4, 0.5) is 10.5 Å². The summed E-state index contributed by atoms with van der Waals surface area (Å²) in [7, 11) is 1.26. The zero-order chi connectivity index (χ0) is 30.5. The number of imidazole rings is 1. The fourth-order valence-corrected chi connectivity index (χ4v) is 3.28. The van der Waals surface area contributed by atoms with Gasteiger partial charge in [-0.2, -0.15) is 0 Å². The predicted molar refractivity (Wildman–Crippen MR) is 164 cm³/mol. The average molecular weight is 556 g/mol. The number of nitrogens with two attached hydrogens (primary N) is 1. The summed E-state index contributed by atoms with van der Waals surface area (Å²) in [6.07, 6.45) is 3.07. The summed E-state index contributed by atoms with van der Waals surface area (Å²) in [5.41, 5.74) is 8.24. The predicted octanol–water partition coefficient (Wildman–Crippen LogP) is 7.40. The number of nitrogens with zero attached hydrogens (tertiary/aromatic N) is 2. The monoisotopic (exact) mass is 555 g/mol. The molecule has 4 N–H and O–H groups in total. The van der Waals surface area contributed by atoms with Gasteiger partial charge in [0.15, 0.2) is 5.75 Å². The van der Waals surface area contributed by atoms with Gasteiger partial charge in [-0.25, -0.2) is 9.78 Å². The van der Waals surface area contributed by atoms with Crippen LogP contribution < -0.4 is 15.8 Å². The van der Waals surface area contributed by atoms with Gasteiger partial charge < -0.3 is 30.4 Å². The maximum Gasteiger partial charge on any atom is 0.407 e. The number of anilines is 1. The molecular formula is C31H49N5O4. The average Bonchev–Trinajstić information content (AvgIpc) is 3.45. The lowest BCUT2D eigenvalue weighted by atomic mass is 10.1. The lowest BCUT2D eigenvalue weighted by molar-refractivity contribution is -0.133. The molecule has 40 heavy (non-hydrogen) atoms. The van der Waals surface area contributed by atoms with Gasteiger partial charge in [0.2, 0.25) is 5.91 Å². The van der Waals surface area contributed by atoms with Gasteiger partial charge >= 0.3 is 6.09 Å². The van der Waals surface area contributed by atoms with E-state index >= 15 is 0 Å². The van der Waals surface area contributed by atoms with Crippen LogP contribution in [0.3, 0.4) is 0 Å². The number of alkyl carbamates (subject to hydrolysis) is 1. The molecule has 1 atom stereocenters. The van der Waals surface area contributed by atoms with Crippen molar-refractivity contribution in [2.24, 2.45) is 0 Å². The number of hydrogen-bond donors (Lipinski definition) is 3. The molecule has 0 aliphatic heterocycles. The minimum absolute atomic E-state index is 0.216. The van der Waals surface area contributed by atoms with Crippen molar-refractivity contribution >= 4 is 17.7 Å². The van der Waals surface area contributed by atoms with E-state index in [-0.39, 0.29) is 12.5 Å². The van der Waals surface area contributed by atoms with E-state index in [1.54, 1.807) is 24.1 Å². The Kier molecular flexibility index (Phi) is 18.8. The molecular weight excluding hydrogens is 506 g/mol. The van der Waals surface area contributed by atoms with Gasteiger partial charge in [-0.05, 0) is 37.6 Å². The molecule has 0 fully saturated rings. The molecule has 0 saturated carbocycles. The Morgan fingerprint density at radius 2 is 1.68 bits per heavy atom. The van der Waals surface area contributed by atoms with Gasteiger partial charge in [0, 0.05) is 12.1 Å². The van der Waals surface area contributed by atoms with Crippen molar-refractivity contribution in [3.05, 3.63) is 60.6 Å². The zero-order valence-corrected chi connectivity index (χ0v) is 25.7. The Bertz CT molecular complexity index is 1100. The highest BCUT2D eigenvalue weighted by molar-refractivity contribution is 5.85. The second kappa shape index (κ2) is 20.9. The van der Waals surface area contributed by atoms with Crippen LogP contribution >= 0.6 is 0 Å². The molecule has 9 nitrogen and oxygen atoms in total. The normalized spacial score (nSPS) is 10.2. The number of amides is 2. The van der Waals surface area contributed by atoms with E-state index in [2.05, 4.69) is 33.9 Å². The molecule has 2 aromatic carbocycles. The molecule has 0 aliphatic rings. The Morgan fingerprint density at radius 3 is 2.25 bits per heavy atom. The standard InChI is InChI=1S/C24H29N5O4.C3H8.2C2H6/c1-4-12-29(23(30)16(2)27-24(31)32-3)15-22-26-14-20(28-22)17-10-11-19(25)21(13-17)33-18-8-6-5-7-9-18;1-3-2;2*1-2/h5-11,13-14,16H,4,12,15,25H2,1-3H3,(H,26,28)(H,27,31);3H2,1-2H3;2*1-2H3. The van der Waals surface area contributed by atoms with E-state index in [0.717, 1.165) is 17.7 Å². The number of methoxy groups -OCH3 is 1. The zero-order valence-electron chi connectivity index (χ0n) is 25.7. The Hall–Kier alpha value is -4.01. The number of benzene rings is 2. The van der Waals surface area contributed by atoms with Crippen LogP contribution in [-0.2, 0) is 16.1 Å². The van der Waals surface area contributed by atoms with E-state index in [4.69, 9.17) is 10.5 Å². The van der Waals surface area contributed by atoms with Gasteiger partial charge in [-0.1, -0.05) is 79.2 Å². The van der Waals surface area contributed by atoms with Crippen molar-refractivity contribution in [3.8, 4) is 22.8 Å². The summed E-state index contributed by atoms with van der Waals surface area (Å²) >= 11 is 0. The third kappa shape index (κ3) is 12.2. The van der Waals surface area contributed by atoms with Crippen LogP contribution in [0.25, 0.3) is 11.3 Å². The molecule has 0 spiro atoms. The molecule has 2 amide bonds. The van der Waals surface area contributed by atoms with Crippen molar-refractivity contribution in [2.45, 2.75) is 80.8 Å². The summed E-state index contributed by atoms with van der Waals surface area (Å²) in [5.74, 6) is 1.64. The number of aromatic nitrogens is 2. The van der Waals surface area contributed by atoms with E-state index in [1.165, 1.54) is 13.5 Å². The largest absolute Gasteiger partial charge is 0.455 e. The highest BCUT2D eigenvalue weighted by Gasteiger charge is 2.23. The summed E-state index contributed by atoms with van der Waals surface area (Å²) in [6, 6.07) is 14.2. The molecule has 9 heteroatoms. The van der Waals surface area contributed by atoms with Gasteiger partial charge in [0.25, 0.3) is 0 Å². The first-order chi connectivity index (χ1) is 19.3. The lowest BCUT2D eigenvalue weighted by Gasteiger charge is -2.24. The third-order valence-corrected chi connectivity index (χ3v) is 4.96. The number of H-pyrrole nitrogens is 1. The van der Waals surface area contributed by atoms with Crippen molar-refractivity contribution in [3.63, 3.8) is 0 Å². The number of carbonyl (C=O) groups is 2. The van der Waals surface area contributed by atoms with Crippen molar-refractivity contribution in [1.29, 1.82) is 0 Å². The number of nitrogen functional groups attached to an aromatic ring is 1. The van der Waals surface area contributed by atoms with Gasteiger partial charge in [-0.3, -0.25) is 4.79 Å². The fraction of sp³-hybridized carbons (Fsp3) is 0.452. The Morgan fingerprint density at radius 1 is 1.05 bits per heavy atom. The summed E-state index contributed by atoms with van der Waals surface area (Å²) in [6.45, 7) is 16.7. The van der Waals surface area contributed by atoms with Gasteiger partial charge in [0.05, 0.1) is 31.2 Å². The summed E-state index contributed by atoms with van der Waals surface area (Å²) in [5, 5.41) is 2.51. The number of nitrogens with one attached hydrogen (secondary N) is 2. The minimum Gasteiger partial charge on any atom is -0.455 e. The first-order valence-electron chi connectivity index (χ1n) is 14.1. The molecule has 3 rings (SSSR count). The molecule has 222 valence electrons. The number of aromatic amines is 1. The maximum atomic E-state index is 12.8. The number of carbonyl (C=O) groups excluding carboxylic acids is 2. The molecule has 1 heterocycles. The highest BCUT2D eigenvalue weighted by atomic mass is 16.5. The smallest absolute Gasteiger partial charge is 0.407 e. The SMILES string of the molecule is CC.CC.CCC.CCCN(Cc1ncc(-c2ccc(N)c(Oc3ccccc3)c2)[nH]1)C(=O)C(C)NC(=O)OC. The minimum atomic E-state index is -0.715. The fourth-order valence-electron chi connectivity index (χ4n) is 3.28. The Balaban J connectivity index is 0.00000199. The van der Waals surface area contributed by atoms with Crippen molar-refractivity contribution in [1.82, 2.24) is 20.2 Å². The third-order valence-electron chi connectivity index (χ3n) is 4.96. The van der Waals surface area contributed by atoms with E-state index < -0.39 is 12.1 Å². The highest BCUT2D eigenvalue weighted by Crippen LogP contribution is 2.31. The van der Waals surface area contributed by atoms with Crippen LogP contribution in [0, 0.1) is 0 Å². The van der Waals surface area contributed by atoms with E-state index in [0.29, 0.717) is 29.6 Å². The number of ether oxygens (including phenoxy) is 2. The summed E-state index contributed by atoms with van der Waals surface area (Å²) < 4.78 is 10.5. The summed E-state index contributed by atoms with van der Waals surface area (Å²) in [4.78, 5) is 33.6. The van der Waals surface area contributed by atoms with Gasteiger partial charge in [-0.15, -0.1) is 0 Å². The number of para-hydroxylation sites is 1. The first-order valence-corrected chi connectivity index (χ1v) is 14.1. The first kappa shape index (κ1) is 36.0. The maximum absolute atomic E-state index is 12.8. The number of hydrogen-bond acceptors (Lipinski definition) is 6. The second-order valence-corrected chi connectivity index (χ2v) is 8.24. The van der Waals surface area contributed by atoms with Crippen molar-refractivity contribution in [2.75, 3.05) is 19.4 Å². The molecule has 0 saturated heterocycles. The van der Waals surface area contributed by atoms with Gasteiger partial charge in [0.1, 0.15) is 17.6 Å². The van der Waals surface area contributed by atoms with Crippen LogP contribution in [0.5, 0.6) is 11.5 Å². The second-order valence-electron chi connectivity index (χ2n) is 8.24. The molecule has 1 unspecified atom stereocenters. The molecule has 0 aliphatic carbocycles. The van der Waals surface area contributed by atoms with Crippen molar-refractivity contribution < 1.29 is 19.1 Å². The molecule has 0 radical (unpaired) electrons. The van der Waals surface area contributed by atoms with Crippen LogP contribution in [0.2, 0.25) is 0 Å². The lowest BCUT2D eigenvalue weighted by Crippen LogP contribution is -2.47. The molecule has 1 aromatic heterocycles. The molecule has 0 bridgehead atoms. The molecule has 3 aromatic rings. The van der Waals surface area contributed by atoms with E-state index in [9.17, 15) is 9.59 Å². The van der Waals surface area contributed by atoms with Crippen LogP contribution in [0.1, 0.15) is 74.1 Å². The van der Waals surface area contributed by atoms with Crippen LogP contribution in [0.15, 0.2) is 54.7 Å². The Labute approximate surface area is 240 Å². The van der Waals surface area contributed by atoms with Crippen LogP contribution in [-0.4, -0.2) is 46.6 Å². The topological polar surface area (TPSA) is 123 Å². The van der Waals surface area contributed by atoms with E-state index in [1.807, 2.05) is 77.1 Å². The number of rotatable bonds is 9. The quantitative estimate of drug-likeness (QED) is 0.236.